The van der Waals surface area contributed by atoms with E-state index in [0.717, 1.165) is 0 Å². The summed E-state index contributed by atoms with van der Waals surface area (Å²) in [5, 5.41) is 0. The zero-order valence-electron chi connectivity index (χ0n) is 10.8. The number of hydrogen-bond donors (Lipinski definition) is 0. The summed E-state index contributed by atoms with van der Waals surface area (Å²) in [6.45, 7) is 6.72. The summed E-state index contributed by atoms with van der Waals surface area (Å²) in [7, 11) is 0. The van der Waals surface area contributed by atoms with Gasteiger partial charge in [-0.2, -0.15) is 0 Å². The summed E-state index contributed by atoms with van der Waals surface area (Å²) >= 11 is 1.86. The molecule has 1 unspecified atom stereocenters. The zero-order valence-corrected chi connectivity index (χ0v) is 11.6. The van der Waals surface area contributed by atoms with Gasteiger partial charge in [-0.1, -0.05) is 62.9 Å². The van der Waals surface area contributed by atoms with Crippen molar-refractivity contribution in [3.05, 3.63) is 53.0 Å². The largest absolute Gasteiger partial charge is 0.0905 e. The molecule has 0 nitrogen and oxygen atoms in total. The molecule has 0 saturated heterocycles. The topological polar surface area (TPSA) is 0 Å². The van der Waals surface area contributed by atoms with Crippen molar-refractivity contribution in [3.8, 4) is 0 Å². The molecule has 1 atom stereocenters. The molecule has 1 heteroatoms. The molecule has 0 aromatic heterocycles. The molecule has 2 rings (SSSR count). The van der Waals surface area contributed by atoms with Gasteiger partial charge in [-0.15, -0.1) is 0 Å². The Balaban J connectivity index is 2.02. The molecule has 1 aromatic rings. The standard InChI is InChI=1S/C16H20S/c1-12(2)14-6-10-16(11-7-14)17-15-8-4-13(3)5-9-15/h4,6-13H,5H2,1-3H3. The van der Waals surface area contributed by atoms with Crippen LogP contribution in [0.4, 0.5) is 0 Å². The first-order valence-corrected chi connectivity index (χ1v) is 7.13. The van der Waals surface area contributed by atoms with Gasteiger partial charge in [-0.3, -0.25) is 0 Å². The Bertz CT molecular complexity index is 423. The third-order valence-electron chi connectivity index (χ3n) is 3.06. The third-order valence-corrected chi connectivity index (χ3v) is 4.11. The highest BCUT2D eigenvalue weighted by Crippen LogP contribution is 2.31. The lowest BCUT2D eigenvalue weighted by molar-refractivity contribution is 0.735. The lowest BCUT2D eigenvalue weighted by Crippen LogP contribution is -1.92. The Labute approximate surface area is 109 Å². The van der Waals surface area contributed by atoms with Crippen molar-refractivity contribution >= 4 is 11.8 Å². The van der Waals surface area contributed by atoms with Gasteiger partial charge in [0.05, 0.1) is 0 Å². The van der Waals surface area contributed by atoms with Crippen LogP contribution in [0.5, 0.6) is 0 Å². The van der Waals surface area contributed by atoms with Crippen molar-refractivity contribution < 1.29 is 0 Å². The van der Waals surface area contributed by atoms with Crippen LogP contribution in [-0.2, 0) is 0 Å². The van der Waals surface area contributed by atoms with E-state index >= 15 is 0 Å². The lowest BCUT2D eigenvalue weighted by Gasteiger charge is -2.12. The molecule has 0 N–H and O–H groups in total. The minimum atomic E-state index is 0.615. The molecular weight excluding hydrogens is 224 g/mol. The average molecular weight is 244 g/mol. The number of benzene rings is 1. The van der Waals surface area contributed by atoms with Gasteiger partial charge >= 0.3 is 0 Å². The molecule has 0 heterocycles. The second-order valence-electron chi connectivity index (χ2n) is 5.00. The molecule has 17 heavy (non-hydrogen) atoms. The lowest BCUT2D eigenvalue weighted by atomic mass is 10.0. The van der Waals surface area contributed by atoms with Crippen LogP contribution in [0.25, 0.3) is 0 Å². The molecule has 1 aliphatic rings. The summed E-state index contributed by atoms with van der Waals surface area (Å²) in [6.07, 6.45) is 8.05. The highest BCUT2D eigenvalue weighted by atomic mass is 32.2. The molecule has 0 spiro atoms. The SMILES string of the molecule is CC1C=CC(Sc2ccc(C(C)C)cc2)=CC1. The van der Waals surface area contributed by atoms with Crippen LogP contribution in [-0.4, -0.2) is 0 Å². The van der Waals surface area contributed by atoms with Gasteiger partial charge < -0.3 is 0 Å². The summed E-state index contributed by atoms with van der Waals surface area (Å²) in [6, 6.07) is 8.94. The second-order valence-corrected chi connectivity index (χ2v) is 6.15. The molecule has 1 aliphatic carbocycles. The average Bonchev–Trinajstić information content (AvgIpc) is 2.33. The maximum Gasteiger partial charge on any atom is 0.0122 e. The van der Waals surface area contributed by atoms with Gasteiger partial charge in [-0.25, -0.2) is 0 Å². The summed E-state index contributed by atoms with van der Waals surface area (Å²) in [5.74, 6) is 1.31. The van der Waals surface area contributed by atoms with Crippen molar-refractivity contribution in [3.63, 3.8) is 0 Å². The minimum absolute atomic E-state index is 0.615. The fraction of sp³-hybridized carbons (Fsp3) is 0.375. The third kappa shape index (κ3) is 3.50. The van der Waals surface area contributed by atoms with E-state index in [0.29, 0.717) is 11.8 Å². The van der Waals surface area contributed by atoms with Crippen LogP contribution < -0.4 is 0 Å². The maximum absolute atomic E-state index is 2.34. The summed E-state index contributed by atoms with van der Waals surface area (Å²) in [4.78, 5) is 2.71. The zero-order chi connectivity index (χ0) is 12.3. The minimum Gasteiger partial charge on any atom is -0.0905 e. The fourth-order valence-corrected chi connectivity index (χ4v) is 2.71. The molecule has 0 saturated carbocycles. The quantitative estimate of drug-likeness (QED) is 0.687. The van der Waals surface area contributed by atoms with Crippen molar-refractivity contribution in [2.75, 3.05) is 0 Å². The molecule has 90 valence electrons. The molecule has 0 bridgehead atoms. The maximum atomic E-state index is 2.34. The Morgan fingerprint density at radius 2 is 1.88 bits per heavy atom. The van der Waals surface area contributed by atoms with E-state index in [2.05, 4.69) is 63.3 Å². The molecule has 0 fully saturated rings. The van der Waals surface area contributed by atoms with Crippen LogP contribution >= 0.6 is 11.8 Å². The first kappa shape index (κ1) is 12.5. The van der Waals surface area contributed by atoms with Crippen LogP contribution in [0.2, 0.25) is 0 Å². The molecular formula is C16H20S. The first-order chi connectivity index (χ1) is 8.15. The number of allylic oxidation sites excluding steroid dienone is 3. The van der Waals surface area contributed by atoms with Gasteiger partial charge in [0.25, 0.3) is 0 Å². The van der Waals surface area contributed by atoms with E-state index in [1.807, 2.05) is 11.8 Å². The summed E-state index contributed by atoms with van der Waals surface area (Å²) < 4.78 is 0. The van der Waals surface area contributed by atoms with Gasteiger partial charge in [-0.05, 0) is 36.0 Å². The van der Waals surface area contributed by atoms with Gasteiger partial charge in [0.15, 0.2) is 0 Å². The van der Waals surface area contributed by atoms with Crippen LogP contribution in [0.15, 0.2) is 52.3 Å². The predicted octanol–water partition coefficient (Wildman–Crippen LogP) is 5.38. The predicted molar refractivity (Wildman–Crippen MR) is 77.4 cm³/mol. The first-order valence-electron chi connectivity index (χ1n) is 6.31. The van der Waals surface area contributed by atoms with Crippen LogP contribution in [0.3, 0.4) is 0 Å². The Morgan fingerprint density at radius 3 is 2.41 bits per heavy atom. The van der Waals surface area contributed by atoms with Crippen LogP contribution in [0.1, 0.15) is 38.7 Å². The van der Waals surface area contributed by atoms with E-state index in [1.54, 1.807) is 0 Å². The fourth-order valence-electron chi connectivity index (χ4n) is 1.84. The number of rotatable bonds is 3. The van der Waals surface area contributed by atoms with E-state index in [-0.39, 0.29) is 0 Å². The summed E-state index contributed by atoms with van der Waals surface area (Å²) in [5.41, 5.74) is 1.41. The Hall–Kier alpha value is -0.950. The van der Waals surface area contributed by atoms with Crippen LogP contribution in [0, 0.1) is 5.92 Å². The monoisotopic (exact) mass is 244 g/mol. The van der Waals surface area contributed by atoms with Crippen molar-refractivity contribution in [2.24, 2.45) is 5.92 Å². The highest BCUT2D eigenvalue weighted by Gasteiger charge is 2.05. The number of hydrogen-bond acceptors (Lipinski definition) is 1. The molecule has 1 aromatic carbocycles. The Kier molecular flexibility index (Phi) is 4.11. The van der Waals surface area contributed by atoms with Gasteiger partial charge in [0, 0.05) is 9.80 Å². The van der Waals surface area contributed by atoms with E-state index in [4.69, 9.17) is 0 Å². The smallest absolute Gasteiger partial charge is 0.0122 e. The van der Waals surface area contributed by atoms with Crippen molar-refractivity contribution in [1.82, 2.24) is 0 Å². The molecule has 0 aliphatic heterocycles. The van der Waals surface area contributed by atoms with Gasteiger partial charge in [0.1, 0.15) is 0 Å². The van der Waals surface area contributed by atoms with Crippen molar-refractivity contribution in [1.29, 1.82) is 0 Å². The highest BCUT2D eigenvalue weighted by molar-refractivity contribution is 8.03. The van der Waals surface area contributed by atoms with Gasteiger partial charge in [0.2, 0.25) is 0 Å². The normalized spacial score (nSPS) is 19.5. The van der Waals surface area contributed by atoms with Crippen molar-refractivity contribution in [2.45, 2.75) is 38.0 Å². The van der Waals surface area contributed by atoms with E-state index < -0.39 is 0 Å². The number of thioether (sulfide) groups is 1. The molecule has 0 radical (unpaired) electrons. The second kappa shape index (κ2) is 5.59. The van der Waals surface area contributed by atoms with E-state index in [9.17, 15) is 0 Å². The molecule has 0 amide bonds. The van der Waals surface area contributed by atoms with E-state index in [1.165, 1.54) is 21.8 Å². The Morgan fingerprint density at radius 1 is 1.18 bits per heavy atom.